The quantitative estimate of drug-likeness (QED) is 0.760. The van der Waals surface area contributed by atoms with Crippen LogP contribution in [0.15, 0.2) is 53.9 Å². The fraction of sp³-hybridized carbons (Fsp3) is 0.211. The topological polar surface area (TPSA) is 38.9 Å². The highest BCUT2D eigenvalue weighted by Crippen LogP contribution is 2.25. The molecule has 1 atom stereocenters. The molecule has 0 saturated carbocycles. The number of nitrogens with zero attached hydrogens (tertiary/aromatic N) is 1. The highest BCUT2D eigenvalue weighted by atomic mass is 32.1. The maximum atomic E-state index is 6.36. The van der Waals surface area contributed by atoms with Crippen LogP contribution in [0, 0.1) is 13.8 Å². The smallest absolute Gasteiger partial charge is 0.0951 e. The molecule has 112 valence electrons. The summed E-state index contributed by atoms with van der Waals surface area (Å²) in [7, 11) is 0. The van der Waals surface area contributed by atoms with Crippen LogP contribution in [0.25, 0.3) is 11.3 Å². The molecule has 2 N–H and O–H groups in total. The lowest BCUT2D eigenvalue weighted by Crippen LogP contribution is -2.13. The Balaban J connectivity index is 1.76. The van der Waals surface area contributed by atoms with E-state index in [-0.39, 0.29) is 6.04 Å². The van der Waals surface area contributed by atoms with Gasteiger partial charge in [-0.2, -0.15) is 0 Å². The number of benzene rings is 2. The van der Waals surface area contributed by atoms with Crippen molar-refractivity contribution in [3.8, 4) is 11.3 Å². The van der Waals surface area contributed by atoms with Crippen LogP contribution in [-0.2, 0) is 6.42 Å². The van der Waals surface area contributed by atoms with Crippen LogP contribution in [0.1, 0.15) is 27.7 Å². The number of aromatic nitrogens is 1. The largest absolute Gasteiger partial charge is 0.324 e. The van der Waals surface area contributed by atoms with E-state index in [1.54, 1.807) is 11.3 Å². The van der Waals surface area contributed by atoms with E-state index in [4.69, 9.17) is 10.7 Å². The molecule has 0 aliphatic carbocycles. The fourth-order valence-electron chi connectivity index (χ4n) is 2.45. The van der Waals surface area contributed by atoms with E-state index >= 15 is 0 Å². The average molecular weight is 308 g/mol. The average Bonchev–Trinajstić information content (AvgIpc) is 2.99. The molecule has 3 rings (SSSR count). The molecule has 22 heavy (non-hydrogen) atoms. The van der Waals surface area contributed by atoms with Gasteiger partial charge in [-0.25, -0.2) is 4.98 Å². The molecule has 2 nitrogen and oxygen atoms in total. The first-order valence-corrected chi connectivity index (χ1v) is 8.34. The Morgan fingerprint density at radius 3 is 2.55 bits per heavy atom. The molecule has 0 bridgehead atoms. The molecule has 0 spiro atoms. The summed E-state index contributed by atoms with van der Waals surface area (Å²) >= 11 is 1.68. The third-order valence-corrected chi connectivity index (χ3v) is 4.85. The van der Waals surface area contributed by atoms with Gasteiger partial charge in [-0.3, -0.25) is 0 Å². The van der Waals surface area contributed by atoms with E-state index in [2.05, 4.69) is 49.6 Å². The molecule has 2 aromatic carbocycles. The van der Waals surface area contributed by atoms with Gasteiger partial charge in [0.1, 0.15) is 0 Å². The summed E-state index contributed by atoms with van der Waals surface area (Å²) in [5.41, 5.74) is 12.3. The van der Waals surface area contributed by atoms with E-state index in [0.717, 1.165) is 22.7 Å². The molecule has 1 aromatic heterocycles. The Bertz CT molecular complexity index is 762. The first-order chi connectivity index (χ1) is 10.6. The maximum Gasteiger partial charge on any atom is 0.0951 e. The fourth-order valence-corrected chi connectivity index (χ4v) is 3.31. The zero-order valence-electron chi connectivity index (χ0n) is 12.9. The summed E-state index contributed by atoms with van der Waals surface area (Å²) in [5, 5.41) is 3.20. The summed E-state index contributed by atoms with van der Waals surface area (Å²) in [6.07, 6.45) is 0.778. The van der Waals surface area contributed by atoms with Crippen LogP contribution in [0.5, 0.6) is 0 Å². The van der Waals surface area contributed by atoms with Crippen molar-refractivity contribution >= 4 is 11.3 Å². The minimum atomic E-state index is -0.00549. The molecule has 0 radical (unpaired) electrons. The van der Waals surface area contributed by atoms with Gasteiger partial charge in [0.15, 0.2) is 0 Å². The van der Waals surface area contributed by atoms with Crippen molar-refractivity contribution in [1.29, 1.82) is 0 Å². The van der Waals surface area contributed by atoms with Gasteiger partial charge in [-0.1, -0.05) is 48.5 Å². The number of nitrogens with two attached hydrogens (primary N) is 1. The standard InChI is InChI=1S/C19H20N2S/c1-13-8-9-16(10-14(13)2)17(20)11-19-21-18(12-22-19)15-6-4-3-5-7-15/h3-10,12,17H,11,20H2,1-2H3. The van der Waals surface area contributed by atoms with Crippen molar-refractivity contribution < 1.29 is 0 Å². The summed E-state index contributed by atoms with van der Waals surface area (Å²) in [5.74, 6) is 0. The number of thiazole rings is 1. The van der Waals surface area contributed by atoms with Crippen LogP contribution in [0.2, 0.25) is 0 Å². The van der Waals surface area contributed by atoms with Gasteiger partial charge in [0.25, 0.3) is 0 Å². The van der Waals surface area contributed by atoms with Crippen molar-refractivity contribution in [3.05, 3.63) is 75.6 Å². The molecule has 1 unspecified atom stereocenters. The van der Waals surface area contributed by atoms with Crippen LogP contribution < -0.4 is 5.73 Å². The molecule has 0 fully saturated rings. The predicted molar refractivity (Wildman–Crippen MR) is 94.1 cm³/mol. The summed E-state index contributed by atoms with van der Waals surface area (Å²) < 4.78 is 0. The zero-order valence-corrected chi connectivity index (χ0v) is 13.7. The van der Waals surface area contributed by atoms with Crippen molar-refractivity contribution in [2.24, 2.45) is 5.73 Å². The molecule has 0 amide bonds. The lowest BCUT2D eigenvalue weighted by Gasteiger charge is -2.12. The first kappa shape index (κ1) is 14.9. The SMILES string of the molecule is Cc1ccc(C(N)Cc2nc(-c3ccccc3)cs2)cc1C. The summed E-state index contributed by atoms with van der Waals surface area (Å²) in [4.78, 5) is 4.72. The predicted octanol–water partition coefficient (Wildman–Crippen LogP) is 4.67. The van der Waals surface area contributed by atoms with Gasteiger partial charge in [0.2, 0.25) is 0 Å². The van der Waals surface area contributed by atoms with Gasteiger partial charge in [-0.15, -0.1) is 11.3 Å². The normalized spacial score (nSPS) is 12.3. The lowest BCUT2D eigenvalue weighted by molar-refractivity contribution is 0.717. The van der Waals surface area contributed by atoms with Gasteiger partial charge in [0, 0.05) is 23.4 Å². The minimum absolute atomic E-state index is 0.00549. The number of rotatable bonds is 4. The monoisotopic (exact) mass is 308 g/mol. The molecule has 0 aliphatic rings. The Morgan fingerprint density at radius 2 is 1.82 bits per heavy atom. The van der Waals surface area contributed by atoms with Gasteiger partial charge < -0.3 is 5.73 Å². The second-order valence-corrected chi connectivity index (χ2v) is 6.59. The number of hydrogen-bond acceptors (Lipinski definition) is 3. The molecular weight excluding hydrogens is 288 g/mol. The van der Waals surface area contributed by atoms with E-state index in [9.17, 15) is 0 Å². The van der Waals surface area contributed by atoms with Crippen LogP contribution in [0.4, 0.5) is 0 Å². The Morgan fingerprint density at radius 1 is 1.05 bits per heavy atom. The van der Waals surface area contributed by atoms with Gasteiger partial charge in [-0.05, 0) is 30.5 Å². The first-order valence-electron chi connectivity index (χ1n) is 7.46. The Hall–Kier alpha value is -1.97. The van der Waals surface area contributed by atoms with E-state index in [1.807, 2.05) is 18.2 Å². The molecule has 3 aromatic rings. The van der Waals surface area contributed by atoms with E-state index in [0.29, 0.717) is 0 Å². The zero-order chi connectivity index (χ0) is 15.5. The molecule has 0 aliphatic heterocycles. The van der Waals surface area contributed by atoms with E-state index < -0.39 is 0 Å². The third kappa shape index (κ3) is 3.26. The number of aryl methyl sites for hydroxylation is 2. The Kier molecular flexibility index (Phi) is 4.36. The van der Waals surface area contributed by atoms with Crippen LogP contribution >= 0.6 is 11.3 Å². The van der Waals surface area contributed by atoms with Crippen molar-refractivity contribution in [2.45, 2.75) is 26.3 Å². The molecule has 1 heterocycles. The molecule has 3 heteroatoms. The number of hydrogen-bond donors (Lipinski definition) is 1. The molecular formula is C19H20N2S. The van der Waals surface area contributed by atoms with Crippen molar-refractivity contribution in [2.75, 3.05) is 0 Å². The Labute approximate surface area is 135 Å². The van der Waals surface area contributed by atoms with Crippen molar-refractivity contribution in [1.82, 2.24) is 4.98 Å². The highest BCUT2D eigenvalue weighted by Gasteiger charge is 2.11. The summed E-state index contributed by atoms with van der Waals surface area (Å²) in [6.45, 7) is 4.25. The minimum Gasteiger partial charge on any atom is -0.324 e. The summed E-state index contributed by atoms with van der Waals surface area (Å²) in [6, 6.07) is 16.7. The maximum absolute atomic E-state index is 6.36. The van der Waals surface area contributed by atoms with Crippen molar-refractivity contribution in [3.63, 3.8) is 0 Å². The molecule has 0 saturated heterocycles. The lowest BCUT2D eigenvalue weighted by atomic mass is 10.00. The highest BCUT2D eigenvalue weighted by molar-refractivity contribution is 7.09. The van der Waals surface area contributed by atoms with Crippen LogP contribution in [0.3, 0.4) is 0 Å². The third-order valence-electron chi connectivity index (χ3n) is 3.97. The second kappa shape index (κ2) is 6.42. The van der Waals surface area contributed by atoms with Gasteiger partial charge >= 0.3 is 0 Å². The van der Waals surface area contributed by atoms with Gasteiger partial charge in [0.05, 0.1) is 10.7 Å². The van der Waals surface area contributed by atoms with Crippen LogP contribution in [-0.4, -0.2) is 4.98 Å². The second-order valence-electron chi connectivity index (χ2n) is 5.65. The van der Waals surface area contributed by atoms with E-state index in [1.165, 1.54) is 16.7 Å².